The molecule has 0 fully saturated rings. The average Bonchev–Trinajstić information content (AvgIpc) is 2.86. The van der Waals surface area contributed by atoms with Gasteiger partial charge in [0.2, 0.25) is 0 Å². The summed E-state index contributed by atoms with van der Waals surface area (Å²) in [5.41, 5.74) is 8.70. The van der Waals surface area contributed by atoms with Crippen LogP contribution in [0.3, 0.4) is 0 Å². The van der Waals surface area contributed by atoms with Crippen molar-refractivity contribution < 1.29 is 0 Å². The van der Waals surface area contributed by atoms with Crippen LogP contribution in [0.25, 0.3) is 21.9 Å². The van der Waals surface area contributed by atoms with Gasteiger partial charge in [-0.3, -0.25) is 0 Å². The van der Waals surface area contributed by atoms with E-state index < -0.39 is 0 Å². The van der Waals surface area contributed by atoms with E-state index in [-0.39, 0.29) is 0 Å². The third-order valence-corrected chi connectivity index (χ3v) is 6.27. The van der Waals surface area contributed by atoms with Crippen molar-refractivity contribution in [3.05, 3.63) is 132 Å². The summed E-state index contributed by atoms with van der Waals surface area (Å²) in [4.78, 5) is 0. The first-order valence-electron chi connectivity index (χ1n) is 11.2. The molecule has 0 aliphatic rings. The summed E-state index contributed by atoms with van der Waals surface area (Å²) in [6.07, 6.45) is 0. The van der Waals surface area contributed by atoms with Crippen molar-refractivity contribution in [2.45, 2.75) is 19.8 Å². The summed E-state index contributed by atoms with van der Waals surface area (Å²) >= 11 is 0. The Morgan fingerprint density at radius 2 is 1.19 bits per heavy atom. The van der Waals surface area contributed by atoms with Gasteiger partial charge in [-0.2, -0.15) is 0 Å². The molecule has 5 rings (SSSR count). The third-order valence-electron chi connectivity index (χ3n) is 6.27. The van der Waals surface area contributed by atoms with Gasteiger partial charge in [-0.1, -0.05) is 110 Å². The van der Waals surface area contributed by atoms with E-state index in [4.69, 9.17) is 0 Å². The number of hydrogen-bond donors (Lipinski definition) is 1. The van der Waals surface area contributed by atoms with Gasteiger partial charge >= 0.3 is 0 Å². The van der Waals surface area contributed by atoms with Crippen molar-refractivity contribution in [2.75, 3.05) is 5.32 Å². The van der Waals surface area contributed by atoms with Crippen LogP contribution in [-0.4, -0.2) is 0 Å². The molecule has 0 aromatic heterocycles. The molecular formula is C31H27N. The zero-order chi connectivity index (χ0) is 21.9. The van der Waals surface area contributed by atoms with E-state index >= 15 is 0 Å². The highest BCUT2D eigenvalue weighted by atomic mass is 14.9. The van der Waals surface area contributed by atoms with Crippen LogP contribution in [0, 0.1) is 6.92 Å². The Hall–Kier alpha value is -3.84. The van der Waals surface area contributed by atoms with Gasteiger partial charge in [0.05, 0.1) is 0 Å². The molecule has 1 unspecified atom stereocenters. The lowest BCUT2D eigenvalue weighted by Gasteiger charge is -2.18. The number of rotatable bonds is 5. The molecule has 1 nitrogen and oxygen atoms in total. The maximum Gasteiger partial charge on any atom is 0.0464 e. The molecule has 1 heteroatoms. The summed E-state index contributed by atoms with van der Waals surface area (Å²) in [5.74, 6) is 0.304. The van der Waals surface area contributed by atoms with Crippen molar-refractivity contribution in [1.29, 1.82) is 0 Å². The minimum atomic E-state index is 0.304. The Morgan fingerprint density at radius 1 is 0.562 bits per heavy atom. The summed E-state index contributed by atoms with van der Waals surface area (Å²) in [5, 5.41) is 6.15. The summed E-state index contributed by atoms with van der Waals surface area (Å²) in [6.45, 7) is 4.41. The molecule has 0 saturated heterocycles. The van der Waals surface area contributed by atoms with E-state index in [2.05, 4.69) is 134 Å². The van der Waals surface area contributed by atoms with E-state index in [1.807, 2.05) is 0 Å². The molecule has 0 aliphatic carbocycles. The molecule has 0 heterocycles. The standard InChI is InChI=1S/C31H27N/c1-22-12-18-27(19-13-22)32-31-21-20-28(29-10-6-7-11-30(29)31)23(2)24-14-16-26(17-15-24)25-8-4-3-5-9-25/h3-21,23,32H,1-2H3. The molecule has 1 atom stereocenters. The van der Waals surface area contributed by atoms with Crippen LogP contribution in [0.2, 0.25) is 0 Å². The van der Waals surface area contributed by atoms with Crippen molar-refractivity contribution in [3.63, 3.8) is 0 Å². The molecule has 0 saturated carbocycles. The third kappa shape index (κ3) is 4.02. The number of hydrogen-bond acceptors (Lipinski definition) is 1. The van der Waals surface area contributed by atoms with Crippen molar-refractivity contribution >= 4 is 22.1 Å². The van der Waals surface area contributed by atoms with E-state index in [1.54, 1.807) is 0 Å². The van der Waals surface area contributed by atoms with Gasteiger partial charge in [-0.05, 0) is 52.8 Å². The average molecular weight is 414 g/mol. The van der Waals surface area contributed by atoms with Gasteiger partial charge < -0.3 is 5.32 Å². The maximum absolute atomic E-state index is 3.61. The molecular weight excluding hydrogens is 386 g/mol. The van der Waals surface area contributed by atoms with E-state index in [0.29, 0.717) is 5.92 Å². The Morgan fingerprint density at radius 3 is 1.91 bits per heavy atom. The number of nitrogens with one attached hydrogen (secondary N) is 1. The van der Waals surface area contributed by atoms with Crippen molar-refractivity contribution in [2.24, 2.45) is 0 Å². The second-order valence-corrected chi connectivity index (χ2v) is 8.45. The van der Waals surface area contributed by atoms with Crippen LogP contribution < -0.4 is 5.32 Å². The highest BCUT2D eigenvalue weighted by molar-refractivity contribution is 5.98. The van der Waals surface area contributed by atoms with Crippen LogP contribution in [0.1, 0.15) is 29.5 Å². The molecule has 1 N–H and O–H groups in total. The first-order valence-corrected chi connectivity index (χ1v) is 11.2. The second kappa shape index (κ2) is 8.72. The molecule has 5 aromatic carbocycles. The molecule has 0 radical (unpaired) electrons. The number of anilines is 2. The van der Waals surface area contributed by atoms with E-state index in [1.165, 1.54) is 38.6 Å². The quantitative estimate of drug-likeness (QED) is 0.304. The van der Waals surface area contributed by atoms with Crippen LogP contribution in [0.4, 0.5) is 11.4 Å². The normalized spacial score (nSPS) is 11.9. The van der Waals surface area contributed by atoms with Gasteiger partial charge in [0.15, 0.2) is 0 Å². The number of fused-ring (bicyclic) bond motifs is 1. The monoisotopic (exact) mass is 413 g/mol. The highest BCUT2D eigenvalue weighted by Crippen LogP contribution is 2.35. The highest BCUT2D eigenvalue weighted by Gasteiger charge is 2.14. The van der Waals surface area contributed by atoms with E-state index in [0.717, 1.165) is 11.4 Å². The van der Waals surface area contributed by atoms with Crippen LogP contribution in [0.5, 0.6) is 0 Å². The topological polar surface area (TPSA) is 12.0 Å². The largest absolute Gasteiger partial charge is 0.355 e. The van der Waals surface area contributed by atoms with Crippen molar-refractivity contribution in [3.8, 4) is 11.1 Å². The fourth-order valence-corrected chi connectivity index (χ4v) is 4.38. The summed E-state index contributed by atoms with van der Waals surface area (Å²) < 4.78 is 0. The molecule has 32 heavy (non-hydrogen) atoms. The summed E-state index contributed by atoms with van der Waals surface area (Å²) in [7, 11) is 0. The fraction of sp³-hybridized carbons (Fsp3) is 0.0968. The van der Waals surface area contributed by atoms with Crippen molar-refractivity contribution in [1.82, 2.24) is 0 Å². The van der Waals surface area contributed by atoms with Gasteiger partial charge in [0.25, 0.3) is 0 Å². The minimum Gasteiger partial charge on any atom is -0.355 e. The fourth-order valence-electron chi connectivity index (χ4n) is 4.38. The van der Waals surface area contributed by atoms with Crippen LogP contribution in [-0.2, 0) is 0 Å². The lowest BCUT2D eigenvalue weighted by molar-refractivity contribution is 0.933. The lowest BCUT2D eigenvalue weighted by Crippen LogP contribution is -1.99. The zero-order valence-corrected chi connectivity index (χ0v) is 18.5. The van der Waals surface area contributed by atoms with Gasteiger partial charge in [-0.15, -0.1) is 0 Å². The minimum absolute atomic E-state index is 0.304. The lowest BCUT2D eigenvalue weighted by atomic mass is 9.88. The van der Waals surface area contributed by atoms with Gasteiger partial charge in [-0.25, -0.2) is 0 Å². The second-order valence-electron chi connectivity index (χ2n) is 8.45. The predicted molar refractivity (Wildman–Crippen MR) is 138 cm³/mol. The molecule has 0 spiro atoms. The molecule has 0 aliphatic heterocycles. The maximum atomic E-state index is 3.61. The Bertz CT molecular complexity index is 1330. The molecule has 0 bridgehead atoms. The smallest absolute Gasteiger partial charge is 0.0464 e. The van der Waals surface area contributed by atoms with Crippen LogP contribution in [0.15, 0.2) is 115 Å². The molecule has 5 aromatic rings. The Kier molecular flexibility index (Phi) is 5.47. The Balaban J connectivity index is 1.48. The molecule has 156 valence electrons. The van der Waals surface area contributed by atoms with Gasteiger partial charge in [0, 0.05) is 22.7 Å². The van der Waals surface area contributed by atoms with Gasteiger partial charge in [0.1, 0.15) is 0 Å². The number of benzene rings is 5. The predicted octanol–water partition coefficient (Wildman–Crippen LogP) is 8.71. The first kappa shape index (κ1) is 20.1. The zero-order valence-electron chi connectivity index (χ0n) is 18.5. The van der Waals surface area contributed by atoms with Crippen LogP contribution >= 0.6 is 0 Å². The summed E-state index contributed by atoms with van der Waals surface area (Å²) in [6, 6.07) is 41.3. The SMILES string of the molecule is Cc1ccc(Nc2ccc(C(C)c3ccc(-c4ccccc4)cc3)c3ccccc23)cc1. The molecule has 0 amide bonds. The van der Waals surface area contributed by atoms with E-state index in [9.17, 15) is 0 Å². The first-order chi connectivity index (χ1) is 15.7. The number of aryl methyl sites for hydroxylation is 1. The Labute approximate surface area is 190 Å².